The Bertz CT molecular complexity index is 481. The second-order valence-electron chi connectivity index (χ2n) is 6.09. The summed E-state index contributed by atoms with van der Waals surface area (Å²) in [5.41, 5.74) is 7.97. The van der Waals surface area contributed by atoms with Gasteiger partial charge in [0, 0.05) is 18.3 Å². The van der Waals surface area contributed by atoms with Crippen molar-refractivity contribution in [2.75, 3.05) is 25.0 Å². The first-order chi connectivity index (χ1) is 10.1. The topological polar surface area (TPSA) is 58.4 Å². The van der Waals surface area contributed by atoms with Gasteiger partial charge in [0.1, 0.15) is 0 Å². The van der Waals surface area contributed by atoms with E-state index in [1.165, 1.54) is 5.56 Å². The highest BCUT2D eigenvalue weighted by molar-refractivity contribution is 5.92. The summed E-state index contributed by atoms with van der Waals surface area (Å²) in [7, 11) is 0. The van der Waals surface area contributed by atoms with E-state index in [4.69, 9.17) is 5.73 Å². The molecule has 1 aromatic rings. The SMILES string of the molecule is CCc1cccc(NC(=O)CN2CCC(C)CC2CN)c1.Cl. The van der Waals surface area contributed by atoms with Gasteiger partial charge in [-0.25, -0.2) is 0 Å². The van der Waals surface area contributed by atoms with E-state index in [0.717, 1.165) is 31.5 Å². The van der Waals surface area contributed by atoms with E-state index in [0.29, 0.717) is 25.0 Å². The molecule has 22 heavy (non-hydrogen) atoms. The predicted molar refractivity (Wildman–Crippen MR) is 94.5 cm³/mol. The van der Waals surface area contributed by atoms with Crippen LogP contribution >= 0.6 is 12.4 Å². The van der Waals surface area contributed by atoms with Gasteiger partial charge in [-0.05, 0) is 49.4 Å². The maximum Gasteiger partial charge on any atom is 0.238 e. The molecular formula is C17H28ClN3O. The number of carbonyl (C=O) groups is 1. The van der Waals surface area contributed by atoms with Crippen molar-refractivity contribution in [1.29, 1.82) is 0 Å². The predicted octanol–water partition coefficient (Wildman–Crippen LogP) is 2.67. The summed E-state index contributed by atoms with van der Waals surface area (Å²) in [6.07, 6.45) is 3.22. The molecular weight excluding hydrogens is 298 g/mol. The minimum atomic E-state index is 0. The van der Waals surface area contributed by atoms with Crippen LogP contribution in [0.2, 0.25) is 0 Å². The van der Waals surface area contributed by atoms with Crippen LogP contribution in [0.4, 0.5) is 5.69 Å². The zero-order chi connectivity index (χ0) is 15.2. The van der Waals surface area contributed by atoms with Gasteiger partial charge in [-0.2, -0.15) is 0 Å². The molecule has 2 unspecified atom stereocenters. The molecule has 2 rings (SSSR count). The Kier molecular flexibility index (Phi) is 7.87. The number of nitrogens with two attached hydrogens (primary N) is 1. The summed E-state index contributed by atoms with van der Waals surface area (Å²) in [6.45, 7) is 6.40. The molecule has 0 radical (unpaired) electrons. The molecule has 1 aliphatic rings. The molecule has 0 aromatic heterocycles. The fourth-order valence-corrected chi connectivity index (χ4v) is 3.01. The summed E-state index contributed by atoms with van der Waals surface area (Å²) in [5.74, 6) is 0.760. The van der Waals surface area contributed by atoms with Crippen molar-refractivity contribution < 1.29 is 4.79 Å². The van der Waals surface area contributed by atoms with Crippen LogP contribution in [0.1, 0.15) is 32.3 Å². The van der Waals surface area contributed by atoms with Crippen LogP contribution < -0.4 is 11.1 Å². The van der Waals surface area contributed by atoms with Gasteiger partial charge in [0.2, 0.25) is 5.91 Å². The van der Waals surface area contributed by atoms with Gasteiger partial charge in [0.15, 0.2) is 0 Å². The van der Waals surface area contributed by atoms with Crippen molar-refractivity contribution in [3.05, 3.63) is 29.8 Å². The molecule has 0 saturated carbocycles. The zero-order valence-electron chi connectivity index (χ0n) is 13.5. The summed E-state index contributed by atoms with van der Waals surface area (Å²) in [6, 6.07) is 8.37. The van der Waals surface area contributed by atoms with Gasteiger partial charge in [0.05, 0.1) is 6.54 Å². The number of anilines is 1. The number of hydrogen-bond donors (Lipinski definition) is 2. The van der Waals surface area contributed by atoms with Crippen molar-refractivity contribution in [1.82, 2.24) is 4.90 Å². The molecule has 1 saturated heterocycles. The highest BCUT2D eigenvalue weighted by Crippen LogP contribution is 2.21. The average molecular weight is 326 g/mol. The van der Waals surface area contributed by atoms with Crippen LogP contribution in [-0.2, 0) is 11.2 Å². The maximum absolute atomic E-state index is 12.2. The van der Waals surface area contributed by atoms with Gasteiger partial charge >= 0.3 is 0 Å². The van der Waals surface area contributed by atoms with Crippen molar-refractivity contribution in [3.8, 4) is 0 Å². The minimum Gasteiger partial charge on any atom is -0.329 e. The quantitative estimate of drug-likeness (QED) is 0.875. The van der Waals surface area contributed by atoms with Crippen molar-refractivity contribution in [3.63, 3.8) is 0 Å². The molecule has 1 amide bonds. The fraction of sp³-hybridized carbons (Fsp3) is 0.588. The van der Waals surface area contributed by atoms with Crippen molar-refractivity contribution in [2.45, 2.75) is 39.2 Å². The third-order valence-electron chi connectivity index (χ3n) is 4.34. The molecule has 1 heterocycles. The van der Waals surface area contributed by atoms with E-state index in [1.54, 1.807) is 0 Å². The number of likely N-dealkylation sites (tertiary alicyclic amines) is 1. The Labute approximate surface area is 139 Å². The van der Waals surface area contributed by atoms with E-state index in [2.05, 4.69) is 30.1 Å². The second-order valence-corrected chi connectivity index (χ2v) is 6.09. The van der Waals surface area contributed by atoms with E-state index in [1.807, 2.05) is 18.2 Å². The molecule has 0 spiro atoms. The van der Waals surface area contributed by atoms with Crippen LogP contribution in [0.5, 0.6) is 0 Å². The number of rotatable bonds is 5. The summed E-state index contributed by atoms with van der Waals surface area (Å²) >= 11 is 0. The second kappa shape index (κ2) is 9.13. The van der Waals surface area contributed by atoms with Crippen LogP contribution in [0.25, 0.3) is 0 Å². The smallest absolute Gasteiger partial charge is 0.238 e. The number of halogens is 1. The first-order valence-corrected chi connectivity index (χ1v) is 7.95. The highest BCUT2D eigenvalue weighted by Gasteiger charge is 2.26. The molecule has 1 aromatic carbocycles. The molecule has 2 atom stereocenters. The Morgan fingerprint density at radius 3 is 2.91 bits per heavy atom. The molecule has 1 fully saturated rings. The number of benzene rings is 1. The largest absolute Gasteiger partial charge is 0.329 e. The number of carbonyl (C=O) groups excluding carboxylic acids is 1. The van der Waals surface area contributed by atoms with E-state index in [-0.39, 0.29) is 18.3 Å². The first kappa shape index (κ1) is 18.9. The molecule has 1 aliphatic heterocycles. The highest BCUT2D eigenvalue weighted by atomic mass is 35.5. The average Bonchev–Trinajstić information content (AvgIpc) is 2.49. The number of aryl methyl sites for hydroxylation is 1. The Hall–Kier alpha value is -1.10. The lowest BCUT2D eigenvalue weighted by Gasteiger charge is -2.37. The van der Waals surface area contributed by atoms with E-state index in [9.17, 15) is 4.79 Å². The standard InChI is InChI=1S/C17H27N3O.ClH/c1-3-14-5-4-6-15(10-14)19-17(21)12-20-8-7-13(2)9-16(20)11-18;/h4-6,10,13,16H,3,7-9,11-12,18H2,1-2H3,(H,19,21);1H. The lowest BCUT2D eigenvalue weighted by Crippen LogP contribution is -2.49. The minimum absolute atomic E-state index is 0. The van der Waals surface area contributed by atoms with E-state index >= 15 is 0 Å². The normalized spacial score (nSPS) is 22.0. The summed E-state index contributed by atoms with van der Waals surface area (Å²) in [5, 5.41) is 3.00. The van der Waals surface area contributed by atoms with Gasteiger partial charge in [0.25, 0.3) is 0 Å². The van der Waals surface area contributed by atoms with Crippen LogP contribution in [0.3, 0.4) is 0 Å². The fourth-order valence-electron chi connectivity index (χ4n) is 3.01. The van der Waals surface area contributed by atoms with Gasteiger partial charge < -0.3 is 11.1 Å². The van der Waals surface area contributed by atoms with Crippen LogP contribution in [0, 0.1) is 5.92 Å². The van der Waals surface area contributed by atoms with Crippen molar-refractivity contribution >= 4 is 24.0 Å². The van der Waals surface area contributed by atoms with Crippen molar-refractivity contribution in [2.24, 2.45) is 11.7 Å². The van der Waals surface area contributed by atoms with Gasteiger partial charge in [-0.3, -0.25) is 9.69 Å². The lowest BCUT2D eigenvalue weighted by molar-refractivity contribution is -0.118. The number of hydrogen-bond acceptors (Lipinski definition) is 3. The van der Waals surface area contributed by atoms with E-state index < -0.39 is 0 Å². The molecule has 124 valence electrons. The van der Waals surface area contributed by atoms with Gasteiger partial charge in [-0.15, -0.1) is 12.4 Å². The van der Waals surface area contributed by atoms with Crippen LogP contribution in [-0.4, -0.2) is 36.5 Å². The molecule has 3 N–H and O–H groups in total. The third-order valence-corrected chi connectivity index (χ3v) is 4.34. The number of nitrogens with one attached hydrogen (secondary N) is 1. The molecule has 0 aliphatic carbocycles. The number of amides is 1. The first-order valence-electron chi connectivity index (χ1n) is 7.95. The molecule has 4 nitrogen and oxygen atoms in total. The summed E-state index contributed by atoms with van der Waals surface area (Å²) < 4.78 is 0. The third kappa shape index (κ3) is 5.27. The molecule has 5 heteroatoms. The number of piperidine rings is 1. The van der Waals surface area contributed by atoms with Gasteiger partial charge in [-0.1, -0.05) is 26.0 Å². The van der Waals surface area contributed by atoms with Crippen LogP contribution in [0.15, 0.2) is 24.3 Å². The Morgan fingerprint density at radius 2 is 2.23 bits per heavy atom. The Morgan fingerprint density at radius 1 is 1.45 bits per heavy atom. The lowest BCUT2D eigenvalue weighted by atomic mass is 9.92. The zero-order valence-corrected chi connectivity index (χ0v) is 14.4. The Balaban J connectivity index is 0.00000242. The molecule has 0 bridgehead atoms. The summed E-state index contributed by atoms with van der Waals surface area (Å²) in [4.78, 5) is 14.5. The number of nitrogens with zero attached hydrogens (tertiary/aromatic N) is 1. The monoisotopic (exact) mass is 325 g/mol. The maximum atomic E-state index is 12.2.